The highest BCUT2D eigenvalue weighted by molar-refractivity contribution is 5.73. The van der Waals surface area contributed by atoms with Crippen LogP contribution >= 0.6 is 0 Å². The van der Waals surface area contributed by atoms with Gasteiger partial charge in [-0.3, -0.25) is 4.90 Å². The number of benzene rings is 1. The van der Waals surface area contributed by atoms with Crippen molar-refractivity contribution in [2.24, 2.45) is 5.92 Å². The minimum Gasteiger partial charge on any atom is -0.475 e. The fourth-order valence-corrected chi connectivity index (χ4v) is 4.94. The molecule has 2 aliphatic heterocycles. The molecular weight excluding hydrogens is 546 g/mol. The number of nitrogens with zero attached hydrogens (tertiary/aromatic N) is 4. The van der Waals surface area contributed by atoms with E-state index in [1.807, 2.05) is 0 Å². The van der Waals surface area contributed by atoms with Crippen LogP contribution in [0.25, 0.3) is 11.3 Å². The Hall–Kier alpha value is -3.13. The molecule has 1 spiro atoms. The molecule has 1 aromatic heterocycles. The fourth-order valence-electron chi connectivity index (χ4n) is 4.94. The lowest BCUT2D eigenvalue weighted by atomic mass is 9.83. The molecule has 3 heterocycles. The maximum Gasteiger partial charge on any atom is 0.490 e. The first kappa shape index (κ1) is 31.4. The summed E-state index contributed by atoms with van der Waals surface area (Å²) in [6, 6.07) is 8.89. The first-order chi connectivity index (χ1) is 18.5. The lowest BCUT2D eigenvalue weighted by Crippen LogP contribution is -2.56. The average molecular weight is 579 g/mol. The normalized spacial score (nSPS) is 19.1. The van der Waals surface area contributed by atoms with Crippen molar-refractivity contribution in [3.05, 3.63) is 41.9 Å². The second kappa shape index (κ2) is 12.2. The Morgan fingerprint density at radius 1 is 0.925 bits per heavy atom. The van der Waals surface area contributed by atoms with Crippen LogP contribution in [0, 0.1) is 12.8 Å². The number of piperidine rings is 1. The number of carbonyl (C=O) groups is 2. The number of aryl methyl sites for hydroxylation is 1. The van der Waals surface area contributed by atoms with E-state index in [0.717, 1.165) is 19.0 Å². The number of rotatable bonds is 3. The molecule has 5 rings (SSSR count). The summed E-state index contributed by atoms with van der Waals surface area (Å²) in [5, 5.41) is 14.2. The van der Waals surface area contributed by atoms with E-state index in [9.17, 15) is 26.3 Å². The van der Waals surface area contributed by atoms with Gasteiger partial charge in [0.25, 0.3) is 0 Å². The van der Waals surface area contributed by atoms with Gasteiger partial charge in [-0.05, 0) is 51.1 Å². The predicted molar refractivity (Wildman–Crippen MR) is 132 cm³/mol. The van der Waals surface area contributed by atoms with Crippen LogP contribution in [0.1, 0.15) is 37.1 Å². The predicted octanol–water partition coefficient (Wildman–Crippen LogP) is 4.77. The number of hydrogen-bond acceptors (Lipinski definition) is 5. The van der Waals surface area contributed by atoms with Gasteiger partial charge in [0.05, 0.1) is 17.4 Å². The monoisotopic (exact) mass is 578 g/mol. The average Bonchev–Trinajstić information content (AvgIpc) is 3.58. The molecule has 0 unspecified atom stereocenters. The Morgan fingerprint density at radius 3 is 1.88 bits per heavy atom. The molecule has 3 aliphatic rings. The number of carboxylic acids is 2. The molecule has 40 heavy (non-hydrogen) atoms. The summed E-state index contributed by atoms with van der Waals surface area (Å²) in [6.45, 7) is 8.06. The molecular formula is C26H32F6N4O4. The van der Waals surface area contributed by atoms with E-state index >= 15 is 0 Å². The van der Waals surface area contributed by atoms with E-state index in [1.54, 1.807) is 0 Å². The molecule has 1 aromatic carbocycles. The summed E-state index contributed by atoms with van der Waals surface area (Å²) >= 11 is 0. The summed E-state index contributed by atoms with van der Waals surface area (Å²) in [5.41, 5.74) is 4.01. The fraction of sp³-hybridized carbons (Fsp3) is 0.577. The van der Waals surface area contributed by atoms with Gasteiger partial charge in [0.1, 0.15) is 5.82 Å². The van der Waals surface area contributed by atoms with Crippen molar-refractivity contribution in [2.75, 3.05) is 33.2 Å². The van der Waals surface area contributed by atoms with Crippen molar-refractivity contribution in [2.45, 2.75) is 57.0 Å². The van der Waals surface area contributed by atoms with Gasteiger partial charge in [-0.25, -0.2) is 14.6 Å². The highest BCUT2D eigenvalue weighted by atomic mass is 19.4. The number of imidazole rings is 1. The molecule has 1 saturated carbocycles. The standard InChI is InChI=1S/C22H30N4.2C2HF3O2/c1-17-3-7-19(8-4-17)20-15-23-21-22(24(2)13-14-26(20)21)9-11-25(12-10-22)16-18-5-6-18;2*3-2(4,5)1(6)7/h3-4,7-8,15,18H,5-6,9-14,16H2,1-2H3;2*(H,6,7). The smallest absolute Gasteiger partial charge is 0.475 e. The zero-order valence-electron chi connectivity index (χ0n) is 22.1. The van der Waals surface area contributed by atoms with Gasteiger partial charge in [0.2, 0.25) is 0 Å². The third-order valence-electron chi connectivity index (χ3n) is 7.39. The molecule has 14 heteroatoms. The Balaban J connectivity index is 0.000000263. The Bertz CT molecular complexity index is 1140. The highest BCUT2D eigenvalue weighted by Gasteiger charge is 2.46. The van der Waals surface area contributed by atoms with Crippen LogP contribution in [0.5, 0.6) is 0 Å². The van der Waals surface area contributed by atoms with Gasteiger partial charge < -0.3 is 19.7 Å². The number of aliphatic carboxylic acids is 2. The van der Waals surface area contributed by atoms with Gasteiger partial charge in [0.15, 0.2) is 0 Å². The van der Waals surface area contributed by atoms with E-state index in [-0.39, 0.29) is 5.54 Å². The number of carboxylic acid groups (broad SMARTS) is 2. The second-order valence-corrected chi connectivity index (χ2v) is 10.3. The molecule has 222 valence electrons. The number of halogens is 6. The number of hydrogen-bond donors (Lipinski definition) is 2. The third-order valence-corrected chi connectivity index (χ3v) is 7.39. The van der Waals surface area contributed by atoms with Gasteiger partial charge in [-0.2, -0.15) is 26.3 Å². The third kappa shape index (κ3) is 7.74. The Kier molecular flexibility index (Phi) is 9.55. The van der Waals surface area contributed by atoms with Crippen molar-refractivity contribution in [1.82, 2.24) is 19.4 Å². The Labute approximate surface area is 227 Å². The van der Waals surface area contributed by atoms with Crippen LogP contribution in [-0.2, 0) is 21.7 Å². The SMILES string of the molecule is Cc1ccc(-c2cnc3n2CCN(C)C32CCN(CC3CC3)CC2)cc1.O=C(O)C(F)(F)F.O=C(O)C(F)(F)F. The summed E-state index contributed by atoms with van der Waals surface area (Å²) in [4.78, 5) is 28.1. The van der Waals surface area contributed by atoms with Gasteiger partial charge in [-0.15, -0.1) is 0 Å². The summed E-state index contributed by atoms with van der Waals surface area (Å²) in [5.74, 6) is -3.23. The topological polar surface area (TPSA) is 98.9 Å². The van der Waals surface area contributed by atoms with Crippen molar-refractivity contribution >= 4 is 11.9 Å². The molecule has 2 N–H and O–H groups in total. The minimum atomic E-state index is -5.08. The second-order valence-electron chi connectivity index (χ2n) is 10.3. The summed E-state index contributed by atoms with van der Waals surface area (Å²) in [6.07, 6.45) is -2.74. The molecule has 2 aromatic rings. The number of likely N-dealkylation sites (tertiary alicyclic amines) is 1. The van der Waals surface area contributed by atoms with Crippen molar-refractivity contribution in [3.8, 4) is 11.3 Å². The van der Waals surface area contributed by atoms with E-state index in [4.69, 9.17) is 24.8 Å². The molecule has 0 radical (unpaired) electrons. The van der Waals surface area contributed by atoms with Gasteiger partial charge in [-0.1, -0.05) is 29.8 Å². The number of fused-ring (bicyclic) bond motifs is 2. The quantitative estimate of drug-likeness (QED) is 0.507. The summed E-state index contributed by atoms with van der Waals surface area (Å²) in [7, 11) is 2.31. The molecule has 0 amide bonds. The maximum atomic E-state index is 10.6. The van der Waals surface area contributed by atoms with E-state index < -0.39 is 24.3 Å². The van der Waals surface area contributed by atoms with E-state index in [0.29, 0.717) is 0 Å². The lowest BCUT2D eigenvalue weighted by Gasteiger charge is -2.49. The van der Waals surface area contributed by atoms with E-state index in [1.165, 1.54) is 68.0 Å². The van der Waals surface area contributed by atoms with Crippen LogP contribution in [-0.4, -0.2) is 87.1 Å². The zero-order chi connectivity index (χ0) is 29.9. The molecule has 0 atom stereocenters. The maximum absolute atomic E-state index is 10.6. The Morgan fingerprint density at radius 2 is 1.43 bits per heavy atom. The first-order valence-electron chi connectivity index (χ1n) is 12.7. The van der Waals surface area contributed by atoms with Crippen LogP contribution in [0.4, 0.5) is 26.3 Å². The highest BCUT2D eigenvalue weighted by Crippen LogP contribution is 2.42. The van der Waals surface area contributed by atoms with Gasteiger partial charge >= 0.3 is 24.3 Å². The van der Waals surface area contributed by atoms with Crippen molar-refractivity contribution < 1.29 is 46.1 Å². The van der Waals surface area contributed by atoms with Gasteiger partial charge in [0, 0.05) is 32.7 Å². The summed E-state index contributed by atoms with van der Waals surface area (Å²) < 4.78 is 66.0. The number of alkyl halides is 6. The number of aromatic nitrogens is 2. The van der Waals surface area contributed by atoms with Crippen LogP contribution in [0.2, 0.25) is 0 Å². The van der Waals surface area contributed by atoms with Crippen molar-refractivity contribution in [1.29, 1.82) is 0 Å². The van der Waals surface area contributed by atoms with Crippen LogP contribution in [0.15, 0.2) is 30.5 Å². The molecule has 8 nitrogen and oxygen atoms in total. The molecule has 0 bridgehead atoms. The largest absolute Gasteiger partial charge is 0.490 e. The zero-order valence-corrected chi connectivity index (χ0v) is 22.1. The van der Waals surface area contributed by atoms with Crippen LogP contribution < -0.4 is 0 Å². The minimum absolute atomic E-state index is 0.126. The number of likely N-dealkylation sites (N-methyl/N-ethyl adjacent to an activating group) is 1. The van der Waals surface area contributed by atoms with Crippen LogP contribution in [0.3, 0.4) is 0 Å². The van der Waals surface area contributed by atoms with E-state index in [2.05, 4.69) is 58.8 Å². The molecule has 1 aliphatic carbocycles. The molecule has 1 saturated heterocycles. The first-order valence-corrected chi connectivity index (χ1v) is 12.7. The molecule has 2 fully saturated rings. The lowest BCUT2D eigenvalue weighted by molar-refractivity contribution is -0.193. The van der Waals surface area contributed by atoms with Crippen molar-refractivity contribution in [3.63, 3.8) is 0 Å².